The average Bonchev–Trinajstić information content (AvgIpc) is 3.67. The molecule has 0 radical (unpaired) electrons. The summed E-state index contributed by atoms with van der Waals surface area (Å²) in [6.45, 7) is 2.39. The molecule has 0 bridgehead atoms. The number of esters is 3. The van der Waals surface area contributed by atoms with E-state index >= 15 is 0 Å². The number of carbonyl (C=O) groups is 3. The Bertz CT molecular complexity index is 2180. The first kappa shape index (κ1) is 89.0. The van der Waals surface area contributed by atoms with Crippen molar-refractivity contribution in [2.24, 2.45) is 0 Å². The summed E-state index contributed by atoms with van der Waals surface area (Å²) in [5.41, 5.74) is 0. The van der Waals surface area contributed by atoms with Crippen LogP contribution in [0.4, 0.5) is 0 Å². The lowest BCUT2D eigenvalue weighted by atomic mass is 10.1. The van der Waals surface area contributed by atoms with Crippen LogP contribution in [-0.4, -0.2) is 95.9 Å². The number of aliphatic hydroxyl groups is 2. The Hall–Kier alpha value is -4.05. The van der Waals surface area contributed by atoms with Gasteiger partial charge in [-0.25, -0.2) is 9.13 Å². The lowest BCUT2D eigenvalue weighted by Crippen LogP contribution is -2.30. The number of unbranched alkanes of at least 4 members (excludes halogenated alkanes) is 24. The van der Waals surface area contributed by atoms with Gasteiger partial charge in [0.2, 0.25) is 0 Å². The van der Waals surface area contributed by atoms with E-state index in [1.54, 1.807) is 0 Å². The zero-order valence-corrected chi connectivity index (χ0v) is 59.7. The van der Waals surface area contributed by atoms with Gasteiger partial charge in [-0.1, -0.05) is 251 Å². The lowest BCUT2D eigenvalue weighted by Gasteiger charge is -2.21. The van der Waals surface area contributed by atoms with E-state index in [-0.39, 0.29) is 19.3 Å². The maximum absolute atomic E-state index is 12.9. The fraction of sp³-hybridized carbons (Fsp3) is 0.693. The van der Waals surface area contributed by atoms with Crippen LogP contribution >= 0.6 is 15.6 Å². The van der Waals surface area contributed by atoms with Gasteiger partial charge in [0.25, 0.3) is 0 Å². The Morgan fingerprint density at radius 2 is 0.570 bits per heavy atom. The molecule has 534 valence electrons. The number of allylic oxidation sites excluding steroid dienone is 20. The third-order valence-electron chi connectivity index (χ3n) is 14.7. The van der Waals surface area contributed by atoms with Gasteiger partial charge >= 0.3 is 33.6 Å². The highest BCUT2D eigenvalue weighted by atomic mass is 31.2. The fourth-order valence-electron chi connectivity index (χ4n) is 9.23. The number of aliphatic hydroxyl groups excluding tert-OH is 2. The maximum atomic E-state index is 12.9. The van der Waals surface area contributed by atoms with E-state index in [0.29, 0.717) is 19.3 Å². The Morgan fingerprint density at radius 3 is 0.903 bits per heavy atom. The van der Waals surface area contributed by atoms with Gasteiger partial charge in [0, 0.05) is 19.3 Å². The monoisotopic (exact) mass is 1350 g/mol. The van der Waals surface area contributed by atoms with Crippen LogP contribution in [-0.2, 0) is 55.8 Å². The minimum Gasteiger partial charge on any atom is -0.463 e. The van der Waals surface area contributed by atoms with Crippen molar-refractivity contribution >= 4 is 33.6 Å². The number of hydrogen-bond donors (Lipinski definition) is 4. The second-order valence-electron chi connectivity index (χ2n) is 23.6. The smallest absolute Gasteiger partial charge is 0.463 e. The van der Waals surface area contributed by atoms with Crippen molar-refractivity contribution in [1.29, 1.82) is 0 Å². The molecular weight excluding hydrogens is 1220 g/mol. The average molecular weight is 1350 g/mol. The van der Waals surface area contributed by atoms with Crippen molar-refractivity contribution in [3.63, 3.8) is 0 Å². The third kappa shape index (κ3) is 69.1. The molecular formula is C75H128O16P2. The van der Waals surface area contributed by atoms with Crippen molar-refractivity contribution in [2.45, 2.75) is 296 Å². The molecule has 0 aromatic carbocycles. The van der Waals surface area contributed by atoms with Gasteiger partial charge in [-0.3, -0.25) is 32.5 Å². The van der Waals surface area contributed by atoms with Crippen molar-refractivity contribution in [3.05, 3.63) is 122 Å². The van der Waals surface area contributed by atoms with E-state index in [0.717, 1.165) is 193 Å². The Kier molecular flexibility index (Phi) is 65.0. The van der Waals surface area contributed by atoms with E-state index in [1.165, 1.54) is 25.7 Å². The zero-order chi connectivity index (χ0) is 68.1. The number of rotatable bonds is 67. The normalized spacial score (nSPS) is 14.9. The molecule has 0 heterocycles. The summed E-state index contributed by atoms with van der Waals surface area (Å²) in [6.07, 6.45) is 78.1. The zero-order valence-electron chi connectivity index (χ0n) is 57.9. The van der Waals surface area contributed by atoms with Crippen molar-refractivity contribution in [1.82, 2.24) is 0 Å². The number of phosphoric ester groups is 2. The Labute approximate surface area is 563 Å². The van der Waals surface area contributed by atoms with Crippen LogP contribution < -0.4 is 0 Å². The first-order valence-corrected chi connectivity index (χ1v) is 38.8. The number of carbonyl (C=O) groups excluding carboxylic acids is 3. The minimum absolute atomic E-state index is 0.0881. The highest BCUT2D eigenvalue weighted by Crippen LogP contribution is 2.45. The maximum Gasteiger partial charge on any atom is 0.472 e. The van der Waals surface area contributed by atoms with Gasteiger partial charge in [0.15, 0.2) is 6.10 Å². The van der Waals surface area contributed by atoms with E-state index in [9.17, 15) is 43.5 Å². The molecule has 0 spiro atoms. The standard InChI is InChI=1S/C75H128O16P2/c1-4-7-10-13-16-19-22-25-28-31-32-33-34-35-36-39-41-43-46-49-52-55-58-61-73(78)85-64-70(76)65-87-92(81,82)88-66-71(77)67-89-93(83,84)90-69-72(91-75(80)63-60-57-54-51-48-45-42-38-30-27-24-21-18-15-12-9-6-3)68-86-74(79)62-59-56-53-50-47-44-40-37-29-26-23-20-17-14-11-8-5-2/h8-9,11-12,16-21,25-30,32-33,35-36,70-72,76-77H,4-7,10,13-15,22-24,31,34,37-69H2,1-3H3,(H,81,82)(H,83,84)/b11-8-,12-9-,19-16-,20-17-,21-18-,28-25-,29-26-,30-27-,33-32-,36-35-. The van der Waals surface area contributed by atoms with Crippen LogP contribution in [0.15, 0.2) is 122 Å². The predicted octanol–water partition coefficient (Wildman–Crippen LogP) is 20.2. The van der Waals surface area contributed by atoms with Crippen LogP contribution in [0.3, 0.4) is 0 Å². The van der Waals surface area contributed by atoms with Gasteiger partial charge in [0.1, 0.15) is 25.4 Å². The quantitative estimate of drug-likeness (QED) is 0.0146. The summed E-state index contributed by atoms with van der Waals surface area (Å²) < 4.78 is 61.0. The number of hydrogen-bond acceptors (Lipinski definition) is 14. The summed E-state index contributed by atoms with van der Waals surface area (Å²) in [6, 6.07) is 0. The summed E-state index contributed by atoms with van der Waals surface area (Å²) in [4.78, 5) is 58.5. The van der Waals surface area contributed by atoms with Crippen LogP contribution in [0.5, 0.6) is 0 Å². The van der Waals surface area contributed by atoms with Crippen molar-refractivity contribution in [2.75, 3.05) is 39.6 Å². The van der Waals surface area contributed by atoms with Crippen LogP contribution in [0.1, 0.15) is 278 Å². The minimum atomic E-state index is -4.93. The molecule has 0 aromatic heterocycles. The molecule has 0 aliphatic carbocycles. The van der Waals surface area contributed by atoms with Crippen LogP contribution in [0.2, 0.25) is 0 Å². The van der Waals surface area contributed by atoms with Gasteiger partial charge in [0.05, 0.1) is 26.4 Å². The molecule has 0 rings (SSSR count). The van der Waals surface area contributed by atoms with E-state index in [1.807, 2.05) is 0 Å². The first-order chi connectivity index (χ1) is 45.2. The number of ether oxygens (including phenoxy) is 3. The predicted molar refractivity (Wildman–Crippen MR) is 380 cm³/mol. The molecule has 93 heavy (non-hydrogen) atoms. The Balaban J connectivity index is 4.66. The molecule has 5 unspecified atom stereocenters. The lowest BCUT2D eigenvalue weighted by molar-refractivity contribution is -0.161. The SMILES string of the molecule is CC/C=C\C/C=C\C/C=C\CCCCCCCCCC(=O)OCC(COP(=O)(O)OCC(O)COP(=O)(O)OCC(O)COC(=O)CCCCCCCCC/C=C\C/C=C\C/C=C\C/C=C\CCCCC)OC(=O)CCCCCCCCC/C=C\C/C=C\C/C=C\CC. The van der Waals surface area contributed by atoms with Gasteiger partial charge in [-0.15, -0.1) is 0 Å². The summed E-state index contributed by atoms with van der Waals surface area (Å²) in [7, 11) is -9.79. The molecule has 0 saturated carbocycles. The molecule has 16 nitrogen and oxygen atoms in total. The highest BCUT2D eigenvalue weighted by Gasteiger charge is 2.29. The molecule has 18 heteroatoms. The van der Waals surface area contributed by atoms with Gasteiger partial charge in [-0.2, -0.15) is 0 Å². The van der Waals surface area contributed by atoms with E-state index in [4.69, 9.17) is 32.3 Å². The summed E-state index contributed by atoms with van der Waals surface area (Å²) in [5, 5.41) is 20.6. The second-order valence-corrected chi connectivity index (χ2v) is 26.5. The van der Waals surface area contributed by atoms with Gasteiger partial charge < -0.3 is 34.2 Å². The molecule has 0 fully saturated rings. The van der Waals surface area contributed by atoms with E-state index < -0.39 is 91.5 Å². The molecule has 0 saturated heterocycles. The van der Waals surface area contributed by atoms with Crippen LogP contribution in [0, 0.1) is 0 Å². The molecule has 0 amide bonds. The topological polar surface area (TPSA) is 231 Å². The van der Waals surface area contributed by atoms with E-state index in [2.05, 4.69) is 142 Å². The molecule has 0 aliphatic rings. The largest absolute Gasteiger partial charge is 0.472 e. The molecule has 4 N–H and O–H groups in total. The Morgan fingerprint density at radius 1 is 0.312 bits per heavy atom. The number of phosphoric acid groups is 2. The molecule has 0 aliphatic heterocycles. The van der Waals surface area contributed by atoms with Gasteiger partial charge in [-0.05, 0) is 128 Å². The van der Waals surface area contributed by atoms with Crippen molar-refractivity contribution in [3.8, 4) is 0 Å². The van der Waals surface area contributed by atoms with Crippen molar-refractivity contribution < 1.29 is 75.8 Å². The molecule has 0 aromatic rings. The first-order valence-electron chi connectivity index (χ1n) is 35.8. The third-order valence-corrected chi connectivity index (χ3v) is 16.6. The summed E-state index contributed by atoms with van der Waals surface area (Å²) >= 11 is 0. The second kappa shape index (κ2) is 67.9. The summed E-state index contributed by atoms with van der Waals surface area (Å²) in [5.74, 6) is -1.61. The molecule has 5 atom stereocenters. The van der Waals surface area contributed by atoms with Crippen LogP contribution in [0.25, 0.3) is 0 Å². The highest BCUT2D eigenvalue weighted by molar-refractivity contribution is 7.47. The fourth-order valence-corrected chi connectivity index (χ4v) is 10.8.